The largest absolute Gasteiger partial charge is 0.516 e. The molecule has 0 saturated carbocycles. The van der Waals surface area contributed by atoms with Crippen molar-refractivity contribution in [2.45, 2.75) is 6.10 Å². The fraction of sp³-hybridized carbons (Fsp3) is 0.500. The highest BCUT2D eigenvalue weighted by Crippen LogP contribution is 1.79. The molecule has 0 aliphatic carbocycles. The molecule has 1 unspecified atom stereocenters. The Morgan fingerprint density at radius 1 is 1.57 bits per heavy atom. The number of rotatable bonds is 2. The standard InChI is InChI=1S/C4H8O3/c5-2-1-4(7)3-6/h1-2,4-7H,3H2/b2-1+. The minimum atomic E-state index is -0.926. The molecule has 0 heterocycles. The average molecular weight is 104 g/mol. The van der Waals surface area contributed by atoms with Crippen molar-refractivity contribution in [1.29, 1.82) is 0 Å². The van der Waals surface area contributed by atoms with Crippen LogP contribution in [0.1, 0.15) is 0 Å². The summed E-state index contributed by atoms with van der Waals surface area (Å²) in [6.45, 7) is -0.350. The van der Waals surface area contributed by atoms with E-state index in [0.29, 0.717) is 6.26 Å². The van der Waals surface area contributed by atoms with Gasteiger partial charge in [-0.15, -0.1) is 0 Å². The van der Waals surface area contributed by atoms with Crippen LogP contribution in [-0.4, -0.2) is 28.0 Å². The Kier molecular flexibility index (Phi) is 3.36. The summed E-state index contributed by atoms with van der Waals surface area (Å²) < 4.78 is 0. The predicted octanol–water partition coefficient (Wildman–Crippen LogP) is -0.589. The van der Waals surface area contributed by atoms with Crippen molar-refractivity contribution in [3.8, 4) is 0 Å². The highest BCUT2D eigenvalue weighted by molar-refractivity contribution is 4.80. The number of aliphatic hydroxyl groups is 3. The van der Waals surface area contributed by atoms with Crippen LogP contribution in [0.4, 0.5) is 0 Å². The lowest BCUT2D eigenvalue weighted by atomic mass is 10.4. The Morgan fingerprint density at radius 2 is 2.14 bits per heavy atom. The van der Waals surface area contributed by atoms with Gasteiger partial charge < -0.3 is 15.3 Å². The molecule has 7 heavy (non-hydrogen) atoms. The lowest BCUT2D eigenvalue weighted by molar-refractivity contribution is 0.129. The van der Waals surface area contributed by atoms with Crippen molar-refractivity contribution < 1.29 is 15.3 Å². The summed E-state index contributed by atoms with van der Waals surface area (Å²) in [4.78, 5) is 0. The summed E-state index contributed by atoms with van der Waals surface area (Å²) in [5.74, 6) is 0. The fourth-order valence-corrected chi connectivity index (χ4v) is 0.160. The molecule has 0 amide bonds. The van der Waals surface area contributed by atoms with Crippen LogP contribution in [0.15, 0.2) is 12.3 Å². The van der Waals surface area contributed by atoms with Crippen LogP contribution in [0.3, 0.4) is 0 Å². The molecule has 0 radical (unpaired) electrons. The van der Waals surface area contributed by atoms with Crippen LogP contribution in [0.25, 0.3) is 0 Å². The monoisotopic (exact) mass is 104 g/mol. The molecule has 42 valence electrons. The van der Waals surface area contributed by atoms with E-state index in [2.05, 4.69) is 0 Å². The highest BCUT2D eigenvalue weighted by atomic mass is 16.3. The molecule has 0 aromatic rings. The maximum Gasteiger partial charge on any atom is 0.0983 e. The average Bonchev–Trinajstić information content (AvgIpc) is 1.68. The zero-order chi connectivity index (χ0) is 5.70. The summed E-state index contributed by atoms with van der Waals surface area (Å²) in [7, 11) is 0. The molecule has 0 bridgehead atoms. The van der Waals surface area contributed by atoms with Crippen molar-refractivity contribution >= 4 is 0 Å². The van der Waals surface area contributed by atoms with Gasteiger partial charge in [-0.25, -0.2) is 0 Å². The van der Waals surface area contributed by atoms with Gasteiger partial charge in [-0.3, -0.25) is 0 Å². The van der Waals surface area contributed by atoms with Crippen LogP contribution in [0.5, 0.6) is 0 Å². The minimum absolute atomic E-state index is 0.350. The normalized spacial score (nSPS) is 15.1. The Bertz CT molecular complexity index is 60.0. The second-order valence-electron chi connectivity index (χ2n) is 1.09. The van der Waals surface area contributed by atoms with Crippen molar-refractivity contribution in [2.75, 3.05) is 6.61 Å². The van der Waals surface area contributed by atoms with E-state index in [1.165, 1.54) is 0 Å². The maximum atomic E-state index is 8.36. The lowest BCUT2D eigenvalue weighted by Gasteiger charge is -1.93. The van der Waals surface area contributed by atoms with Crippen LogP contribution >= 0.6 is 0 Å². The second-order valence-corrected chi connectivity index (χ2v) is 1.09. The summed E-state index contributed by atoms with van der Waals surface area (Å²) in [6, 6.07) is 0. The summed E-state index contributed by atoms with van der Waals surface area (Å²) in [6.07, 6.45) is 0.853. The number of hydrogen-bond donors (Lipinski definition) is 3. The molecule has 3 N–H and O–H groups in total. The van der Waals surface area contributed by atoms with Gasteiger partial charge in [0.1, 0.15) is 0 Å². The van der Waals surface area contributed by atoms with Crippen LogP contribution in [-0.2, 0) is 0 Å². The number of aliphatic hydroxyl groups excluding tert-OH is 3. The first-order valence-electron chi connectivity index (χ1n) is 1.91. The van der Waals surface area contributed by atoms with Crippen molar-refractivity contribution in [2.24, 2.45) is 0 Å². The highest BCUT2D eigenvalue weighted by Gasteiger charge is 1.90. The third kappa shape index (κ3) is 3.29. The molecule has 0 saturated heterocycles. The van der Waals surface area contributed by atoms with Gasteiger partial charge in [0.2, 0.25) is 0 Å². The van der Waals surface area contributed by atoms with E-state index in [-0.39, 0.29) is 6.61 Å². The van der Waals surface area contributed by atoms with E-state index in [0.717, 1.165) is 6.08 Å². The first kappa shape index (κ1) is 6.46. The lowest BCUT2D eigenvalue weighted by Crippen LogP contribution is -2.06. The van der Waals surface area contributed by atoms with E-state index >= 15 is 0 Å². The Labute approximate surface area is 41.5 Å². The smallest absolute Gasteiger partial charge is 0.0983 e. The molecule has 3 heteroatoms. The van der Waals surface area contributed by atoms with Gasteiger partial charge in [-0.05, 0) is 6.08 Å². The van der Waals surface area contributed by atoms with E-state index < -0.39 is 6.10 Å². The molecule has 0 aliphatic rings. The van der Waals surface area contributed by atoms with Crippen molar-refractivity contribution in [3.63, 3.8) is 0 Å². The van der Waals surface area contributed by atoms with Gasteiger partial charge in [0.25, 0.3) is 0 Å². The van der Waals surface area contributed by atoms with Crippen LogP contribution < -0.4 is 0 Å². The predicted molar refractivity (Wildman–Crippen MR) is 24.9 cm³/mol. The van der Waals surface area contributed by atoms with Crippen LogP contribution in [0, 0.1) is 0 Å². The van der Waals surface area contributed by atoms with E-state index in [9.17, 15) is 0 Å². The third-order valence-corrected chi connectivity index (χ3v) is 0.495. The van der Waals surface area contributed by atoms with Crippen molar-refractivity contribution in [3.05, 3.63) is 12.3 Å². The van der Waals surface area contributed by atoms with E-state index in [4.69, 9.17) is 15.3 Å². The Balaban J connectivity index is 3.16. The molecular formula is C4H8O3. The third-order valence-electron chi connectivity index (χ3n) is 0.495. The summed E-state index contributed by atoms with van der Waals surface area (Å²) in [5, 5.41) is 24.3. The molecule has 0 rings (SSSR count). The first-order chi connectivity index (χ1) is 3.31. The van der Waals surface area contributed by atoms with Gasteiger partial charge in [-0.2, -0.15) is 0 Å². The van der Waals surface area contributed by atoms with E-state index in [1.807, 2.05) is 0 Å². The number of hydrogen-bond acceptors (Lipinski definition) is 3. The van der Waals surface area contributed by atoms with Gasteiger partial charge in [0, 0.05) is 0 Å². The Morgan fingerprint density at radius 3 is 2.29 bits per heavy atom. The molecule has 1 atom stereocenters. The molecule has 3 nitrogen and oxygen atoms in total. The van der Waals surface area contributed by atoms with Crippen LogP contribution in [0.2, 0.25) is 0 Å². The zero-order valence-corrected chi connectivity index (χ0v) is 3.78. The maximum absolute atomic E-state index is 8.36. The fourth-order valence-electron chi connectivity index (χ4n) is 0.160. The molecule has 0 aliphatic heterocycles. The molecule has 0 aromatic heterocycles. The quantitative estimate of drug-likeness (QED) is 0.410. The first-order valence-corrected chi connectivity index (χ1v) is 1.91. The topological polar surface area (TPSA) is 60.7 Å². The Hall–Kier alpha value is -0.540. The minimum Gasteiger partial charge on any atom is -0.516 e. The molecule has 0 aromatic carbocycles. The van der Waals surface area contributed by atoms with Gasteiger partial charge in [-0.1, -0.05) is 0 Å². The molecule has 0 fully saturated rings. The SMILES string of the molecule is O/C=C/C(O)CO. The zero-order valence-electron chi connectivity index (χ0n) is 3.78. The van der Waals surface area contributed by atoms with Gasteiger partial charge >= 0.3 is 0 Å². The summed E-state index contributed by atoms with van der Waals surface area (Å²) in [5.41, 5.74) is 0. The van der Waals surface area contributed by atoms with Gasteiger partial charge in [0.05, 0.1) is 19.0 Å². The van der Waals surface area contributed by atoms with Gasteiger partial charge in [0.15, 0.2) is 0 Å². The second kappa shape index (κ2) is 3.64. The van der Waals surface area contributed by atoms with Crippen molar-refractivity contribution in [1.82, 2.24) is 0 Å². The van der Waals surface area contributed by atoms with E-state index in [1.54, 1.807) is 0 Å². The summed E-state index contributed by atoms with van der Waals surface area (Å²) >= 11 is 0. The molecular weight excluding hydrogens is 96.0 g/mol. The molecule has 0 spiro atoms.